The molecule has 0 bridgehead atoms. The van der Waals surface area contributed by atoms with E-state index in [1.165, 1.54) is 0 Å². The molecule has 3 heteroatoms. The van der Waals surface area contributed by atoms with E-state index in [-0.39, 0.29) is 0 Å². The first-order valence-electron chi connectivity index (χ1n) is 5.36. The molecular formula is C13H14BrNO. The Morgan fingerprint density at radius 3 is 2.94 bits per heavy atom. The van der Waals surface area contributed by atoms with Crippen LogP contribution < -0.4 is 4.74 Å². The van der Waals surface area contributed by atoms with E-state index in [4.69, 9.17) is 4.74 Å². The summed E-state index contributed by atoms with van der Waals surface area (Å²) in [5.74, 6) is 0.922. The molecule has 84 valence electrons. The molecule has 0 radical (unpaired) electrons. The lowest BCUT2D eigenvalue weighted by Gasteiger charge is -2.08. The molecule has 0 unspecified atom stereocenters. The van der Waals surface area contributed by atoms with E-state index in [0.29, 0.717) is 0 Å². The highest BCUT2D eigenvalue weighted by Gasteiger charge is 2.02. The quantitative estimate of drug-likeness (QED) is 0.629. The molecule has 1 aromatic carbocycles. The number of pyridine rings is 1. The first-order chi connectivity index (χ1) is 7.81. The topological polar surface area (TPSA) is 22.1 Å². The molecule has 0 saturated heterocycles. The minimum absolute atomic E-state index is 0.734. The molecule has 16 heavy (non-hydrogen) atoms. The van der Waals surface area contributed by atoms with Crippen molar-refractivity contribution in [3.63, 3.8) is 0 Å². The molecule has 2 rings (SSSR count). The highest BCUT2D eigenvalue weighted by atomic mass is 79.9. The SMILES string of the molecule is Cc1ccc2c(OCCCBr)cccc2n1. The molecular weight excluding hydrogens is 266 g/mol. The minimum Gasteiger partial charge on any atom is -0.493 e. The van der Waals surface area contributed by atoms with E-state index >= 15 is 0 Å². The third-order valence-electron chi connectivity index (χ3n) is 2.37. The van der Waals surface area contributed by atoms with Gasteiger partial charge < -0.3 is 4.74 Å². The van der Waals surface area contributed by atoms with Crippen molar-refractivity contribution in [3.05, 3.63) is 36.0 Å². The molecule has 0 aliphatic heterocycles. The highest BCUT2D eigenvalue weighted by molar-refractivity contribution is 9.09. The number of nitrogens with zero attached hydrogens (tertiary/aromatic N) is 1. The number of alkyl halides is 1. The van der Waals surface area contributed by atoms with Crippen LogP contribution in [0.3, 0.4) is 0 Å². The second-order valence-corrected chi connectivity index (χ2v) is 4.46. The van der Waals surface area contributed by atoms with Crippen molar-refractivity contribution in [3.8, 4) is 5.75 Å². The lowest BCUT2D eigenvalue weighted by molar-refractivity contribution is 0.323. The number of aromatic nitrogens is 1. The van der Waals surface area contributed by atoms with E-state index in [1.807, 2.05) is 31.2 Å². The van der Waals surface area contributed by atoms with Crippen LogP contribution in [0.5, 0.6) is 5.75 Å². The number of hydrogen-bond acceptors (Lipinski definition) is 2. The van der Waals surface area contributed by atoms with Gasteiger partial charge in [-0.15, -0.1) is 0 Å². The van der Waals surface area contributed by atoms with Crippen LogP contribution in [0.1, 0.15) is 12.1 Å². The number of aryl methyl sites for hydroxylation is 1. The Labute approximate surface area is 104 Å². The predicted octanol–water partition coefficient (Wildman–Crippen LogP) is 3.71. The van der Waals surface area contributed by atoms with Gasteiger partial charge in [-0.3, -0.25) is 4.98 Å². The Kier molecular flexibility index (Phi) is 3.78. The fraction of sp³-hybridized carbons (Fsp3) is 0.308. The Morgan fingerprint density at radius 2 is 2.12 bits per heavy atom. The van der Waals surface area contributed by atoms with Crippen molar-refractivity contribution < 1.29 is 4.74 Å². The average Bonchev–Trinajstić information content (AvgIpc) is 2.29. The fourth-order valence-corrected chi connectivity index (χ4v) is 1.82. The Morgan fingerprint density at radius 1 is 1.25 bits per heavy atom. The smallest absolute Gasteiger partial charge is 0.128 e. The normalized spacial score (nSPS) is 10.6. The molecule has 0 aliphatic rings. The van der Waals surface area contributed by atoms with Crippen LogP contribution in [0, 0.1) is 6.92 Å². The molecule has 0 aliphatic carbocycles. The molecule has 0 fully saturated rings. The molecule has 2 nitrogen and oxygen atoms in total. The monoisotopic (exact) mass is 279 g/mol. The van der Waals surface area contributed by atoms with Gasteiger partial charge in [0.05, 0.1) is 12.1 Å². The summed E-state index contributed by atoms with van der Waals surface area (Å²) in [5.41, 5.74) is 2.03. The van der Waals surface area contributed by atoms with Gasteiger partial charge >= 0.3 is 0 Å². The van der Waals surface area contributed by atoms with Crippen molar-refractivity contribution in [1.29, 1.82) is 0 Å². The van der Waals surface area contributed by atoms with Gasteiger partial charge in [0.25, 0.3) is 0 Å². The van der Waals surface area contributed by atoms with Crippen molar-refractivity contribution in [1.82, 2.24) is 4.98 Å². The number of rotatable bonds is 4. The summed E-state index contributed by atoms with van der Waals surface area (Å²) in [6.07, 6.45) is 1.01. The first kappa shape index (κ1) is 11.4. The summed E-state index contributed by atoms with van der Waals surface area (Å²) in [5, 5.41) is 2.05. The van der Waals surface area contributed by atoms with E-state index in [2.05, 4.69) is 27.0 Å². The van der Waals surface area contributed by atoms with Gasteiger partial charge in [-0.05, 0) is 37.6 Å². The zero-order valence-corrected chi connectivity index (χ0v) is 10.8. The van der Waals surface area contributed by atoms with Crippen molar-refractivity contribution in [2.45, 2.75) is 13.3 Å². The van der Waals surface area contributed by atoms with E-state index in [1.54, 1.807) is 0 Å². The Bertz CT molecular complexity index is 484. The maximum atomic E-state index is 5.73. The van der Waals surface area contributed by atoms with Gasteiger partial charge in [-0.25, -0.2) is 0 Å². The summed E-state index contributed by atoms with van der Waals surface area (Å²) < 4.78 is 5.73. The lowest BCUT2D eigenvalue weighted by Crippen LogP contribution is -1.98. The van der Waals surface area contributed by atoms with Crippen LogP contribution in [0.25, 0.3) is 10.9 Å². The summed E-state index contributed by atoms with van der Waals surface area (Å²) in [6.45, 7) is 2.73. The minimum atomic E-state index is 0.734. The van der Waals surface area contributed by atoms with Crippen LogP contribution in [-0.4, -0.2) is 16.9 Å². The van der Waals surface area contributed by atoms with Crippen LogP contribution in [-0.2, 0) is 0 Å². The zero-order valence-electron chi connectivity index (χ0n) is 9.24. The van der Waals surface area contributed by atoms with Crippen molar-refractivity contribution >= 4 is 26.8 Å². The first-order valence-corrected chi connectivity index (χ1v) is 6.48. The second kappa shape index (κ2) is 5.30. The molecule has 0 spiro atoms. The molecule has 0 atom stereocenters. The molecule has 0 amide bonds. The Hall–Kier alpha value is -1.09. The second-order valence-electron chi connectivity index (χ2n) is 3.67. The van der Waals surface area contributed by atoms with Gasteiger partial charge in [0.2, 0.25) is 0 Å². The average molecular weight is 280 g/mol. The fourth-order valence-electron chi connectivity index (χ4n) is 1.59. The summed E-state index contributed by atoms with van der Waals surface area (Å²) >= 11 is 3.39. The van der Waals surface area contributed by atoms with Crippen LogP contribution in [0.4, 0.5) is 0 Å². The highest BCUT2D eigenvalue weighted by Crippen LogP contribution is 2.24. The van der Waals surface area contributed by atoms with E-state index in [0.717, 1.165) is 40.7 Å². The third-order valence-corrected chi connectivity index (χ3v) is 2.93. The third kappa shape index (κ3) is 2.53. The Balaban J connectivity index is 2.30. The molecule has 0 saturated carbocycles. The maximum Gasteiger partial charge on any atom is 0.128 e. The molecule has 1 heterocycles. The molecule has 1 aromatic heterocycles. The summed E-state index contributed by atoms with van der Waals surface area (Å²) in [7, 11) is 0. The van der Waals surface area contributed by atoms with Crippen LogP contribution in [0.2, 0.25) is 0 Å². The van der Waals surface area contributed by atoms with Crippen molar-refractivity contribution in [2.75, 3.05) is 11.9 Å². The molecule has 0 N–H and O–H groups in total. The van der Waals surface area contributed by atoms with Crippen LogP contribution >= 0.6 is 15.9 Å². The summed E-state index contributed by atoms with van der Waals surface area (Å²) in [6, 6.07) is 10.1. The number of halogens is 1. The lowest BCUT2D eigenvalue weighted by atomic mass is 10.2. The zero-order chi connectivity index (χ0) is 11.4. The number of hydrogen-bond donors (Lipinski definition) is 0. The number of benzene rings is 1. The largest absolute Gasteiger partial charge is 0.493 e. The van der Waals surface area contributed by atoms with Gasteiger partial charge in [-0.1, -0.05) is 22.0 Å². The van der Waals surface area contributed by atoms with E-state index < -0.39 is 0 Å². The van der Waals surface area contributed by atoms with Crippen LogP contribution in [0.15, 0.2) is 30.3 Å². The maximum absolute atomic E-state index is 5.73. The molecule has 2 aromatic rings. The number of fused-ring (bicyclic) bond motifs is 1. The van der Waals surface area contributed by atoms with Gasteiger partial charge in [0, 0.05) is 16.4 Å². The van der Waals surface area contributed by atoms with Gasteiger partial charge in [0.1, 0.15) is 5.75 Å². The number of ether oxygens (including phenoxy) is 1. The van der Waals surface area contributed by atoms with Gasteiger partial charge in [-0.2, -0.15) is 0 Å². The van der Waals surface area contributed by atoms with Gasteiger partial charge in [0.15, 0.2) is 0 Å². The predicted molar refractivity (Wildman–Crippen MR) is 70.4 cm³/mol. The van der Waals surface area contributed by atoms with Crippen molar-refractivity contribution in [2.24, 2.45) is 0 Å². The summed E-state index contributed by atoms with van der Waals surface area (Å²) in [4.78, 5) is 4.48. The standard InChI is InChI=1S/C13H14BrNO/c1-10-6-7-11-12(15-10)4-2-5-13(11)16-9-3-8-14/h2,4-7H,3,8-9H2,1H3. The van der Waals surface area contributed by atoms with E-state index in [9.17, 15) is 0 Å².